The van der Waals surface area contributed by atoms with Crippen molar-refractivity contribution in [3.63, 3.8) is 0 Å². The zero-order valence-corrected chi connectivity index (χ0v) is 7.96. The smallest absolute Gasteiger partial charge is 0.273 e. The van der Waals surface area contributed by atoms with E-state index in [4.69, 9.17) is 0 Å². The molecule has 0 aliphatic rings. The Kier molecular flexibility index (Phi) is 2.26. The van der Waals surface area contributed by atoms with Gasteiger partial charge in [-0.1, -0.05) is 5.46 Å². The summed E-state index contributed by atoms with van der Waals surface area (Å²) in [7, 11) is 7.49. The van der Waals surface area contributed by atoms with Gasteiger partial charge >= 0.3 is 0 Å². The summed E-state index contributed by atoms with van der Waals surface area (Å²) in [5.41, 5.74) is 1.88. The minimum atomic E-state index is 0.0469. The topological polar surface area (TPSA) is 25.2 Å². The SMILES string of the molecule is Bc1cc(N(C)C)c(=O)n(C)c1. The molecule has 1 rings (SSSR count). The Morgan fingerprint density at radius 1 is 1.50 bits per heavy atom. The maximum atomic E-state index is 11.5. The summed E-state index contributed by atoms with van der Waals surface area (Å²) < 4.78 is 1.60. The number of pyridine rings is 1. The molecule has 0 unspecified atom stereocenters. The molecule has 1 heterocycles. The maximum Gasteiger partial charge on any atom is 0.273 e. The number of aromatic nitrogens is 1. The molecule has 3 nitrogen and oxygen atoms in total. The van der Waals surface area contributed by atoms with Crippen molar-refractivity contribution >= 4 is 19.0 Å². The predicted molar refractivity (Wildman–Crippen MR) is 54.2 cm³/mol. The fourth-order valence-electron chi connectivity index (χ4n) is 1.18. The number of anilines is 1. The minimum Gasteiger partial charge on any atom is -0.373 e. The van der Waals surface area contributed by atoms with E-state index in [1.165, 1.54) is 0 Å². The Bertz CT molecular complexity index is 343. The summed E-state index contributed by atoms with van der Waals surface area (Å²) in [6.07, 6.45) is 1.83. The van der Waals surface area contributed by atoms with Gasteiger partial charge in [-0.3, -0.25) is 4.79 Å². The molecule has 0 aliphatic carbocycles. The number of rotatable bonds is 1. The van der Waals surface area contributed by atoms with Crippen LogP contribution in [0.4, 0.5) is 5.69 Å². The lowest BCUT2D eigenvalue weighted by atomic mass is 9.98. The number of hydrogen-bond acceptors (Lipinski definition) is 2. The normalized spacial score (nSPS) is 9.92. The molecule has 0 aromatic carbocycles. The van der Waals surface area contributed by atoms with Crippen LogP contribution in [0.5, 0.6) is 0 Å². The van der Waals surface area contributed by atoms with Crippen molar-refractivity contribution in [1.29, 1.82) is 0 Å². The standard InChI is InChI=1S/C8H13BN2O/c1-10(2)7-4-6(9)5-11(3)8(7)12/h4-5H,9H2,1-3H3. The van der Waals surface area contributed by atoms with Crippen LogP contribution >= 0.6 is 0 Å². The van der Waals surface area contributed by atoms with Crippen LogP contribution in [0.3, 0.4) is 0 Å². The van der Waals surface area contributed by atoms with Crippen molar-refractivity contribution in [2.45, 2.75) is 0 Å². The van der Waals surface area contributed by atoms with E-state index in [9.17, 15) is 4.79 Å². The maximum absolute atomic E-state index is 11.5. The van der Waals surface area contributed by atoms with Crippen LogP contribution in [0.2, 0.25) is 0 Å². The molecule has 0 bridgehead atoms. The van der Waals surface area contributed by atoms with Crippen molar-refractivity contribution in [3.05, 3.63) is 22.6 Å². The third-order valence-electron chi connectivity index (χ3n) is 1.78. The molecule has 1 aromatic rings. The van der Waals surface area contributed by atoms with Crippen LogP contribution < -0.4 is 15.9 Å². The van der Waals surface area contributed by atoms with E-state index in [-0.39, 0.29) is 5.56 Å². The van der Waals surface area contributed by atoms with Gasteiger partial charge in [0.05, 0.1) is 0 Å². The lowest BCUT2D eigenvalue weighted by molar-refractivity contribution is 0.857. The predicted octanol–water partition coefficient (Wildman–Crippen LogP) is -1.29. The summed E-state index contributed by atoms with van der Waals surface area (Å²) in [6, 6.07) is 1.89. The van der Waals surface area contributed by atoms with Gasteiger partial charge in [-0.2, -0.15) is 0 Å². The molecular formula is C8H13BN2O. The van der Waals surface area contributed by atoms with Gasteiger partial charge in [0.25, 0.3) is 5.56 Å². The Hall–Kier alpha value is -1.19. The first kappa shape index (κ1) is 8.91. The van der Waals surface area contributed by atoms with E-state index in [1.807, 2.05) is 39.1 Å². The molecule has 0 aliphatic heterocycles. The van der Waals surface area contributed by atoms with Gasteiger partial charge in [0, 0.05) is 27.3 Å². The van der Waals surface area contributed by atoms with Crippen molar-refractivity contribution in [1.82, 2.24) is 4.57 Å². The second-order valence-corrected chi connectivity index (χ2v) is 3.21. The first-order chi connectivity index (χ1) is 5.52. The minimum absolute atomic E-state index is 0.0469. The number of nitrogens with zero attached hydrogens (tertiary/aromatic N) is 2. The zero-order chi connectivity index (χ0) is 9.30. The first-order valence-electron chi connectivity index (χ1n) is 3.87. The molecule has 12 heavy (non-hydrogen) atoms. The quantitative estimate of drug-likeness (QED) is 0.482. The molecule has 1 aromatic heterocycles. The number of aryl methyl sites for hydroxylation is 1. The summed E-state index contributed by atoms with van der Waals surface area (Å²) in [5.74, 6) is 0. The molecule has 0 spiro atoms. The zero-order valence-electron chi connectivity index (χ0n) is 7.96. The monoisotopic (exact) mass is 164 g/mol. The second kappa shape index (κ2) is 3.05. The summed E-state index contributed by atoms with van der Waals surface area (Å²) in [6.45, 7) is 0. The summed E-state index contributed by atoms with van der Waals surface area (Å²) >= 11 is 0. The highest BCUT2D eigenvalue weighted by atomic mass is 16.1. The highest BCUT2D eigenvalue weighted by Crippen LogP contribution is 1.98. The summed E-state index contributed by atoms with van der Waals surface area (Å²) in [4.78, 5) is 13.3. The van der Waals surface area contributed by atoms with E-state index in [0.717, 1.165) is 11.2 Å². The molecule has 0 atom stereocenters. The van der Waals surface area contributed by atoms with Crippen LogP contribution in [-0.4, -0.2) is 26.5 Å². The molecule has 64 valence electrons. The fraction of sp³-hybridized carbons (Fsp3) is 0.375. The van der Waals surface area contributed by atoms with Crippen molar-refractivity contribution in [3.8, 4) is 0 Å². The van der Waals surface area contributed by atoms with E-state index < -0.39 is 0 Å². The number of hydrogen-bond donors (Lipinski definition) is 0. The van der Waals surface area contributed by atoms with Crippen molar-refractivity contribution in [2.24, 2.45) is 7.05 Å². The molecule has 0 radical (unpaired) electrons. The molecular weight excluding hydrogens is 151 g/mol. The third kappa shape index (κ3) is 1.52. The second-order valence-electron chi connectivity index (χ2n) is 3.21. The first-order valence-corrected chi connectivity index (χ1v) is 3.87. The largest absolute Gasteiger partial charge is 0.373 e. The van der Waals surface area contributed by atoms with Crippen molar-refractivity contribution < 1.29 is 0 Å². The lowest BCUT2D eigenvalue weighted by Crippen LogP contribution is -2.28. The van der Waals surface area contributed by atoms with Gasteiger partial charge < -0.3 is 9.47 Å². The fourth-order valence-corrected chi connectivity index (χ4v) is 1.18. The van der Waals surface area contributed by atoms with E-state index >= 15 is 0 Å². The van der Waals surface area contributed by atoms with Gasteiger partial charge in [-0.05, 0) is 6.07 Å². The Morgan fingerprint density at radius 2 is 2.08 bits per heavy atom. The highest BCUT2D eigenvalue weighted by molar-refractivity contribution is 6.32. The average molecular weight is 164 g/mol. The molecule has 0 N–H and O–H groups in total. The highest BCUT2D eigenvalue weighted by Gasteiger charge is 2.03. The van der Waals surface area contributed by atoms with Gasteiger partial charge in [-0.15, -0.1) is 0 Å². The van der Waals surface area contributed by atoms with Gasteiger partial charge in [0.1, 0.15) is 13.5 Å². The molecule has 0 fully saturated rings. The van der Waals surface area contributed by atoms with Crippen LogP contribution in [0.25, 0.3) is 0 Å². The molecule has 4 heteroatoms. The van der Waals surface area contributed by atoms with Gasteiger partial charge in [-0.25, -0.2) is 0 Å². The average Bonchev–Trinajstić information content (AvgIpc) is 1.96. The Morgan fingerprint density at radius 3 is 2.58 bits per heavy atom. The van der Waals surface area contributed by atoms with Gasteiger partial charge in [0.2, 0.25) is 0 Å². The Labute approximate surface area is 73.0 Å². The summed E-state index contributed by atoms with van der Waals surface area (Å²) in [5, 5.41) is 0. The Balaban J connectivity index is 3.38. The van der Waals surface area contributed by atoms with Crippen molar-refractivity contribution in [2.75, 3.05) is 19.0 Å². The lowest BCUT2D eigenvalue weighted by Gasteiger charge is -2.13. The van der Waals surface area contributed by atoms with E-state index in [2.05, 4.69) is 0 Å². The van der Waals surface area contributed by atoms with E-state index in [1.54, 1.807) is 11.6 Å². The molecule has 0 amide bonds. The van der Waals surface area contributed by atoms with Crippen LogP contribution in [0, 0.1) is 0 Å². The molecule has 0 saturated carbocycles. The third-order valence-corrected chi connectivity index (χ3v) is 1.78. The van der Waals surface area contributed by atoms with Crippen LogP contribution in [-0.2, 0) is 7.05 Å². The molecule has 0 saturated heterocycles. The van der Waals surface area contributed by atoms with Gasteiger partial charge in [0.15, 0.2) is 0 Å². The van der Waals surface area contributed by atoms with E-state index in [0.29, 0.717) is 0 Å². The van der Waals surface area contributed by atoms with Crippen LogP contribution in [0.15, 0.2) is 17.1 Å². The van der Waals surface area contributed by atoms with Crippen LogP contribution in [0.1, 0.15) is 0 Å².